The van der Waals surface area contributed by atoms with Crippen LogP contribution in [0.15, 0.2) is 0 Å². The quantitative estimate of drug-likeness (QED) is 0.0464. The Labute approximate surface area is 226 Å². The average molecular weight is 529 g/mol. The molecule has 218 valence electrons. The minimum atomic E-state index is -0.668. The maximum absolute atomic E-state index is 12.1. The molecule has 0 saturated carbocycles. The summed E-state index contributed by atoms with van der Waals surface area (Å²) in [6, 6.07) is 0. The lowest BCUT2D eigenvalue weighted by molar-refractivity contribution is -0.174. The molecule has 7 heteroatoms. The predicted octanol–water partition coefficient (Wildman–Crippen LogP) is 7.82. The fourth-order valence-corrected chi connectivity index (χ4v) is 4.03. The molecular formula is C30H56O7. The van der Waals surface area contributed by atoms with Crippen LogP contribution >= 0.6 is 0 Å². The molecule has 0 bridgehead atoms. The third kappa shape index (κ3) is 27.2. The SMILES string of the molecule is CCCCCCCCCCCC(=O)OCC(COC(=O)CCCCCCCCCCC)OCOC(C)=O. The minimum Gasteiger partial charge on any atom is -0.463 e. The van der Waals surface area contributed by atoms with Crippen LogP contribution in [-0.4, -0.2) is 44.0 Å². The van der Waals surface area contributed by atoms with Gasteiger partial charge in [-0.2, -0.15) is 0 Å². The number of esters is 3. The van der Waals surface area contributed by atoms with Crippen LogP contribution in [0.3, 0.4) is 0 Å². The average Bonchev–Trinajstić information content (AvgIpc) is 2.87. The van der Waals surface area contributed by atoms with Crippen molar-refractivity contribution in [3.63, 3.8) is 0 Å². The topological polar surface area (TPSA) is 88.1 Å². The number of hydrogen-bond donors (Lipinski definition) is 0. The van der Waals surface area contributed by atoms with E-state index < -0.39 is 12.1 Å². The van der Waals surface area contributed by atoms with Gasteiger partial charge in [-0.15, -0.1) is 0 Å². The van der Waals surface area contributed by atoms with Crippen LogP contribution in [0.1, 0.15) is 149 Å². The molecule has 0 aromatic rings. The Hall–Kier alpha value is -1.63. The Morgan fingerprint density at radius 1 is 0.514 bits per heavy atom. The van der Waals surface area contributed by atoms with Crippen LogP contribution in [0.2, 0.25) is 0 Å². The predicted molar refractivity (Wildman–Crippen MR) is 147 cm³/mol. The molecule has 0 aliphatic rings. The van der Waals surface area contributed by atoms with Gasteiger partial charge in [0, 0.05) is 19.8 Å². The Balaban J connectivity index is 4.01. The Kier molecular flexibility index (Phi) is 26.2. The molecule has 7 nitrogen and oxygen atoms in total. The van der Waals surface area contributed by atoms with Crippen LogP contribution < -0.4 is 0 Å². The fraction of sp³-hybridized carbons (Fsp3) is 0.900. The fourth-order valence-electron chi connectivity index (χ4n) is 4.03. The lowest BCUT2D eigenvalue weighted by atomic mass is 10.1. The first kappa shape index (κ1) is 35.4. The van der Waals surface area contributed by atoms with Crippen molar-refractivity contribution in [2.24, 2.45) is 0 Å². The third-order valence-corrected chi connectivity index (χ3v) is 6.40. The van der Waals surface area contributed by atoms with E-state index in [2.05, 4.69) is 13.8 Å². The van der Waals surface area contributed by atoms with Gasteiger partial charge in [0.05, 0.1) is 0 Å². The smallest absolute Gasteiger partial charge is 0.305 e. The minimum absolute atomic E-state index is 0.0389. The summed E-state index contributed by atoms with van der Waals surface area (Å²) in [4.78, 5) is 35.2. The second-order valence-electron chi connectivity index (χ2n) is 10.1. The van der Waals surface area contributed by atoms with Gasteiger partial charge in [0.2, 0.25) is 0 Å². The molecule has 0 radical (unpaired) electrons. The number of carbonyl (C=O) groups excluding carboxylic acids is 3. The molecule has 0 aliphatic carbocycles. The van der Waals surface area contributed by atoms with Gasteiger partial charge in [-0.3, -0.25) is 14.4 Å². The summed E-state index contributed by atoms with van der Waals surface area (Å²) in [5.41, 5.74) is 0. The first-order valence-corrected chi connectivity index (χ1v) is 15.1. The molecule has 0 heterocycles. The highest BCUT2D eigenvalue weighted by atomic mass is 16.7. The summed E-state index contributed by atoms with van der Waals surface area (Å²) < 4.78 is 20.9. The first-order valence-electron chi connectivity index (χ1n) is 15.1. The number of carbonyl (C=O) groups is 3. The Morgan fingerprint density at radius 2 is 0.865 bits per heavy atom. The maximum Gasteiger partial charge on any atom is 0.305 e. The summed E-state index contributed by atoms with van der Waals surface area (Å²) in [5.74, 6) is -1.04. The van der Waals surface area contributed by atoms with Crippen LogP contribution in [0.4, 0.5) is 0 Å². The van der Waals surface area contributed by atoms with Gasteiger partial charge >= 0.3 is 17.9 Å². The van der Waals surface area contributed by atoms with Gasteiger partial charge in [-0.25, -0.2) is 0 Å². The highest BCUT2D eigenvalue weighted by Gasteiger charge is 2.16. The van der Waals surface area contributed by atoms with Crippen molar-refractivity contribution >= 4 is 17.9 Å². The van der Waals surface area contributed by atoms with Crippen molar-refractivity contribution in [3.8, 4) is 0 Å². The largest absolute Gasteiger partial charge is 0.463 e. The summed E-state index contributed by atoms with van der Waals surface area (Å²) in [5, 5.41) is 0. The second-order valence-corrected chi connectivity index (χ2v) is 10.1. The molecule has 37 heavy (non-hydrogen) atoms. The van der Waals surface area contributed by atoms with E-state index in [9.17, 15) is 14.4 Å². The van der Waals surface area contributed by atoms with Gasteiger partial charge in [0.15, 0.2) is 6.79 Å². The van der Waals surface area contributed by atoms with Gasteiger partial charge in [0.25, 0.3) is 0 Å². The summed E-state index contributed by atoms with van der Waals surface area (Å²) in [6.07, 6.45) is 21.4. The molecule has 0 saturated heterocycles. The molecule has 0 spiro atoms. The molecule has 0 rings (SSSR count). The van der Waals surface area contributed by atoms with Crippen LogP contribution in [0, 0.1) is 0 Å². The Morgan fingerprint density at radius 3 is 1.22 bits per heavy atom. The van der Waals surface area contributed by atoms with E-state index in [1.807, 2.05) is 0 Å². The lowest BCUT2D eigenvalue weighted by Crippen LogP contribution is -2.29. The van der Waals surface area contributed by atoms with Crippen molar-refractivity contribution in [2.75, 3.05) is 20.0 Å². The second kappa shape index (κ2) is 27.4. The van der Waals surface area contributed by atoms with E-state index in [0.717, 1.165) is 38.5 Å². The lowest BCUT2D eigenvalue weighted by Gasteiger charge is -2.18. The van der Waals surface area contributed by atoms with Gasteiger partial charge in [0.1, 0.15) is 19.3 Å². The van der Waals surface area contributed by atoms with Crippen LogP contribution in [0.25, 0.3) is 0 Å². The number of unbranched alkanes of at least 4 members (excludes halogenated alkanes) is 16. The van der Waals surface area contributed by atoms with Gasteiger partial charge in [-0.05, 0) is 12.8 Å². The highest BCUT2D eigenvalue weighted by Crippen LogP contribution is 2.12. The standard InChI is InChI=1S/C30H56O7/c1-4-6-8-10-12-14-16-18-20-22-29(32)34-24-28(37-26-36-27(3)31)25-35-30(33)23-21-19-17-15-13-11-9-7-5-2/h28H,4-26H2,1-3H3. The van der Waals surface area contributed by atoms with Crippen LogP contribution in [0.5, 0.6) is 0 Å². The molecular weight excluding hydrogens is 472 g/mol. The van der Waals surface area contributed by atoms with Crippen molar-refractivity contribution in [2.45, 2.75) is 155 Å². The van der Waals surface area contributed by atoms with E-state index in [4.69, 9.17) is 18.9 Å². The normalized spacial score (nSPS) is 11.0. The first-order chi connectivity index (χ1) is 18.0. The molecule has 0 unspecified atom stereocenters. The zero-order valence-corrected chi connectivity index (χ0v) is 24.2. The van der Waals surface area contributed by atoms with Crippen molar-refractivity contribution < 1.29 is 33.3 Å². The molecule has 0 N–H and O–H groups in total. The number of hydrogen-bond acceptors (Lipinski definition) is 7. The van der Waals surface area contributed by atoms with E-state index in [1.165, 1.54) is 84.0 Å². The maximum atomic E-state index is 12.1. The molecule has 0 fully saturated rings. The van der Waals surface area contributed by atoms with E-state index in [0.29, 0.717) is 12.8 Å². The summed E-state index contributed by atoms with van der Waals surface area (Å²) >= 11 is 0. The molecule has 0 amide bonds. The zero-order chi connectivity index (χ0) is 27.4. The molecule has 0 aliphatic heterocycles. The Bertz CT molecular complexity index is 512. The highest BCUT2D eigenvalue weighted by molar-refractivity contribution is 5.69. The van der Waals surface area contributed by atoms with Crippen molar-refractivity contribution in [1.29, 1.82) is 0 Å². The molecule has 0 atom stereocenters. The monoisotopic (exact) mass is 528 g/mol. The van der Waals surface area contributed by atoms with Gasteiger partial charge in [-0.1, -0.05) is 117 Å². The van der Waals surface area contributed by atoms with Crippen LogP contribution in [-0.2, 0) is 33.3 Å². The van der Waals surface area contributed by atoms with Gasteiger partial charge < -0.3 is 18.9 Å². The summed E-state index contributed by atoms with van der Waals surface area (Å²) in [7, 11) is 0. The van der Waals surface area contributed by atoms with Crippen molar-refractivity contribution in [1.82, 2.24) is 0 Å². The molecule has 0 aromatic carbocycles. The van der Waals surface area contributed by atoms with E-state index in [1.54, 1.807) is 0 Å². The van der Waals surface area contributed by atoms with Crippen molar-refractivity contribution in [3.05, 3.63) is 0 Å². The van der Waals surface area contributed by atoms with E-state index >= 15 is 0 Å². The number of ether oxygens (including phenoxy) is 4. The summed E-state index contributed by atoms with van der Waals surface area (Å²) in [6.45, 7) is 5.38. The van der Waals surface area contributed by atoms with E-state index in [-0.39, 0.29) is 31.9 Å². The molecule has 0 aromatic heterocycles. The zero-order valence-electron chi connectivity index (χ0n) is 24.2. The number of rotatable bonds is 27. The third-order valence-electron chi connectivity index (χ3n) is 6.40.